The number of aromatic hydroxyl groups is 3. The van der Waals surface area contributed by atoms with Crippen LogP contribution in [0.4, 0.5) is 0 Å². The number of Topliss-reactive ketones (excluding diaryl/α,β-unsaturated/α-hetero) is 1. The molecule has 5 aromatic carbocycles. The lowest BCUT2D eigenvalue weighted by Gasteiger charge is -2.17. The van der Waals surface area contributed by atoms with E-state index in [0.29, 0.717) is 22.3 Å². The number of hydrogen-bond donors (Lipinski definition) is 3. The maximum absolute atomic E-state index is 13.8. The van der Waals surface area contributed by atoms with Crippen molar-refractivity contribution in [1.82, 2.24) is 0 Å². The predicted molar refractivity (Wildman–Crippen MR) is 147 cm³/mol. The molecule has 0 radical (unpaired) electrons. The van der Waals surface area contributed by atoms with Crippen molar-refractivity contribution < 1.29 is 20.1 Å². The first-order valence-electron chi connectivity index (χ1n) is 12.1. The quantitative estimate of drug-likeness (QED) is 0.214. The molecule has 0 aliphatic heterocycles. The van der Waals surface area contributed by atoms with Gasteiger partial charge in [0.25, 0.3) is 0 Å². The molecule has 4 nitrogen and oxygen atoms in total. The molecule has 37 heavy (non-hydrogen) atoms. The Morgan fingerprint density at radius 2 is 1.00 bits per heavy atom. The van der Waals surface area contributed by atoms with E-state index in [4.69, 9.17) is 0 Å². The molecule has 1 atom stereocenters. The fourth-order valence-electron chi connectivity index (χ4n) is 4.62. The molecule has 0 aliphatic carbocycles. The highest BCUT2D eigenvalue weighted by molar-refractivity contribution is 6.07. The maximum Gasteiger partial charge on any atom is 0.170 e. The molecule has 0 amide bonds. The molecule has 0 saturated carbocycles. The van der Waals surface area contributed by atoms with Gasteiger partial charge in [0.15, 0.2) is 5.78 Å². The van der Waals surface area contributed by atoms with Crippen molar-refractivity contribution in [1.29, 1.82) is 0 Å². The number of ketones is 1. The summed E-state index contributed by atoms with van der Waals surface area (Å²) in [5, 5.41) is 31.2. The summed E-state index contributed by atoms with van der Waals surface area (Å²) in [7, 11) is 0. The van der Waals surface area contributed by atoms with Crippen LogP contribution in [0.1, 0.15) is 28.8 Å². The Bertz CT molecular complexity index is 1580. The lowest BCUT2D eigenvalue weighted by Crippen LogP contribution is -2.11. The van der Waals surface area contributed by atoms with Gasteiger partial charge in [-0.2, -0.15) is 0 Å². The zero-order valence-corrected chi connectivity index (χ0v) is 20.3. The number of para-hydroxylation sites is 3. The number of carbonyl (C=O) groups excluding carboxylic acids is 1. The summed E-state index contributed by atoms with van der Waals surface area (Å²) in [6.45, 7) is 1.86. The third kappa shape index (κ3) is 4.69. The van der Waals surface area contributed by atoms with Crippen molar-refractivity contribution in [2.75, 3.05) is 0 Å². The Balaban J connectivity index is 1.54. The molecule has 3 N–H and O–H groups in total. The standard InChI is InChI=1S/C33H26O4/c1-21(22-14-16-23(17-15-22)25-8-2-5-11-30(25)34)33(37)28-19-18-24(26-9-3-6-12-31(26)35)20-29(28)27-10-4-7-13-32(27)36/h2-21,34-36H,1H3. The van der Waals surface area contributed by atoms with Crippen LogP contribution >= 0.6 is 0 Å². The van der Waals surface area contributed by atoms with Crippen LogP contribution in [0.3, 0.4) is 0 Å². The van der Waals surface area contributed by atoms with Crippen LogP contribution in [0.25, 0.3) is 33.4 Å². The summed E-state index contributed by atoms with van der Waals surface area (Å²) in [5.41, 5.74) is 5.46. The largest absolute Gasteiger partial charge is 0.507 e. The van der Waals surface area contributed by atoms with Gasteiger partial charge in [0.2, 0.25) is 0 Å². The molecule has 0 fully saturated rings. The molecule has 0 spiro atoms. The molecule has 0 aromatic heterocycles. The van der Waals surface area contributed by atoms with Crippen molar-refractivity contribution >= 4 is 5.78 Å². The third-order valence-corrected chi connectivity index (χ3v) is 6.71. The van der Waals surface area contributed by atoms with Crippen LogP contribution in [0.5, 0.6) is 17.2 Å². The second-order valence-electron chi connectivity index (χ2n) is 9.02. The van der Waals surface area contributed by atoms with Crippen LogP contribution in [0.2, 0.25) is 0 Å². The van der Waals surface area contributed by atoms with Gasteiger partial charge in [0.05, 0.1) is 0 Å². The molecule has 0 saturated heterocycles. The average Bonchev–Trinajstić information content (AvgIpc) is 2.93. The predicted octanol–water partition coefficient (Wildman–Crippen LogP) is 7.79. The second-order valence-corrected chi connectivity index (χ2v) is 9.02. The number of benzene rings is 5. The Morgan fingerprint density at radius 1 is 0.541 bits per heavy atom. The lowest BCUT2D eigenvalue weighted by molar-refractivity contribution is 0.0966. The van der Waals surface area contributed by atoms with Crippen LogP contribution < -0.4 is 0 Å². The SMILES string of the molecule is CC(C(=O)c1ccc(-c2ccccc2O)cc1-c1ccccc1O)c1ccc(-c2ccccc2O)cc1. The summed E-state index contributed by atoms with van der Waals surface area (Å²) < 4.78 is 0. The van der Waals surface area contributed by atoms with Crippen molar-refractivity contribution in [3.05, 3.63) is 126 Å². The molecule has 0 heterocycles. The number of hydrogen-bond acceptors (Lipinski definition) is 4. The lowest BCUT2D eigenvalue weighted by atomic mass is 9.86. The van der Waals surface area contributed by atoms with Crippen molar-refractivity contribution in [2.24, 2.45) is 0 Å². The Hall–Kier alpha value is -4.83. The molecule has 182 valence electrons. The van der Waals surface area contributed by atoms with E-state index in [1.54, 1.807) is 48.5 Å². The number of carbonyl (C=O) groups is 1. The second kappa shape index (κ2) is 10.0. The smallest absolute Gasteiger partial charge is 0.170 e. The van der Waals surface area contributed by atoms with E-state index < -0.39 is 5.92 Å². The van der Waals surface area contributed by atoms with Crippen LogP contribution in [-0.2, 0) is 0 Å². The van der Waals surface area contributed by atoms with E-state index in [9.17, 15) is 20.1 Å². The van der Waals surface area contributed by atoms with Crippen molar-refractivity contribution in [3.8, 4) is 50.6 Å². The fraction of sp³-hybridized carbons (Fsp3) is 0.0606. The highest BCUT2D eigenvalue weighted by Crippen LogP contribution is 2.39. The minimum atomic E-state index is -0.445. The van der Waals surface area contributed by atoms with Gasteiger partial charge in [0.1, 0.15) is 17.2 Å². The third-order valence-electron chi connectivity index (χ3n) is 6.71. The first kappa shape index (κ1) is 23.9. The highest BCUT2D eigenvalue weighted by atomic mass is 16.3. The molecule has 1 unspecified atom stereocenters. The number of phenolic OH excluding ortho intramolecular Hbond substituents is 3. The number of phenols is 3. The summed E-state index contributed by atoms with van der Waals surface area (Å²) in [6, 6.07) is 34.1. The molecular weight excluding hydrogens is 460 g/mol. The first-order chi connectivity index (χ1) is 17.9. The topological polar surface area (TPSA) is 77.8 Å². The molecule has 0 bridgehead atoms. The summed E-state index contributed by atoms with van der Waals surface area (Å²) in [4.78, 5) is 13.8. The minimum absolute atomic E-state index is 0.0747. The van der Waals surface area contributed by atoms with Crippen molar-refractivity contribution in [2.45, 2.75) is 12.8 Å². The molecule has 0 aliphatic rings. The van der Waals surface area contributed by atoms with Crippen LogP contribution in [-0.4, -0.2) is 21.1 Å². The number of rotatable bonds is 6. The van der Waals surface area contributed by atoms with Gasteiger partial charge in [-0.25, -0.2) is 0 Å². The molecule has 5 aromatic rings. The molecular formula is C33H26O4. The molecule has 5 rings (SSSR count). The van der Waals surface area contributed by atoms with E-state index in [2.05, 4.69) is 0 Å². The van der Waals surface area contributed by atoms with E-state index in [-0.39, 0.29) is 23.0 Å². The zero-order valence-electron chi connectivity index (χ0n) is 20.3. The normalized spacial score (nSPS) is 11.7. The fourth-order valence-corrected chi connectivity index (χ4v) is 4.62. The first-order valence-corrected chi connectivity index (χ1v) is 12.1. The Kier molecular flexibility index (Phi) is 6.48. The van der Waals surface area contributed by atoms with Gasteiger partial charge >= 0.3 is 0 Å². The minimum Gasteiger partial charge on any atom is -0.507 e. The Morgan fingerprint density at radius 3 is 1.54 bits per heavy atom. The van der Waals surface area contributed by atoms with Gasteiger partial charge < -0.3 is 15.3 Å². The van der Waals surface area contributed by atoms with Gasteiger partial charge in [0, 0.05) is 28.2 Å². The van der Waals surface area contributed by atoms with Gasteiger partial charge in [-0.1, -0.05) is 97.9 Å². The highest BCUT2D eigenvalue weighted by Gasteiger charge is 2.23. The monoisotopic (exact) mass is 486 g/mol. The maximum atomic E-state index is 13.8. The van der Waals surface area contributed by atoms with Gasteiger partial charge in [-0.15, -0.1) is 0 Å². The van der Waals surface area contributed by atoms with E-state index >= 15 is 0 Å². The zero-order chi connectivity index (χ0) is 25.9. The summed E-state index contributed by atoms with van der Waals surface area (Å²) >= 11 is 0. The van der Waals surface area contributed by atoms with E-state index in [0.717, 1.165) is 22.3 Å². The summed E-state index contributed by atoms with van der Waals surface area (Å²) in [6.07, 6.45) is 0. The van der Waals surface area contributed by atoms with E-state index in [1.165, 1.54) is 0 Å². The van der Waals surface area contributed by atoms with E-state index in [1.807, 2.05) is 73.7 Å². The Labute approximate surface area is 215 Å². The van der Waals surface area contributed by atoms with Crippen molar-refractivity contribution in [3.63, 3.8) is 0 Å². The van der Waals surface area contributed by atoms with Crippen LogP contribution in [0, 0.1) is 0 Å². The molecule has 4 heteroatoms. The van der Waals surface area contributed by atoms with Crippen LogP contribution in [0.15, 0.2) is 115 Å². The van der Waals surface area contributed by atoms with Gasteiger partial charge in [-0.3, -0.25) is 4.79 Å². The summed E-state index contributed by atoms with van der Waals surface area (Å²) in [5.74, 6) is -0.110. The van der Waals surface area contributed by atoms with Gasteiger partial charge in [-0.05, 0) is 46.5 Å². The average molecular weight is 487 g/mol.